The van der Waals surface area contributed by atoms with Crippen LogP contribution in [0.5, 0.6) is 0 Å². The van der Waals surface area contributed by atoms with E-state index in [-0.39, 0.29) is 22.8 Å². The van der Waals surface area contributed by atoms with Crippen molar-refractivity contribution in [2.75, 3.05) is 25.5 Å². The van der Waals surface area contributed by atoms with Crippen LogP contribution in [0.2, 0.25) is 0 Å². The quantitative estimate of drug-likeness (QED) is 0.800. The van der Waals surface area contributed by atoms with E-state index >= 15 is 0 Å². The first-order chi connectivity index (χ1) is 12.2. The second kappa shape index (κ2) is 4.40. The Morgan fingerprint density at radius 2 is 2.08 bits per heavy atom. The fourth-order valence-electron chi connectivity index (χ4n) is 8.03. The third kappa shape index (κ3) is 1.38. The molecule has 2 bridgehead atoms. The van der Waals surface area contributed by atoms with E-state index in [1.54, 1.807) is 7.11 Å². The normalized spacial score (nSPS) is 46.1. The molecule has 1 N–H and O–H groups in total. The number of rotatable bonds is 1. The lowest BCUT2D eigenvalue weighted by Gasteiger charge is -2.69. The number of carbonyl (C=O) groups excluding carboxylic acids is 1. The van der Waals surface area contributed by atoms with Crippen LogP contribution < -0.4 is 5.32 Å². The SMILES string of the molecule is COC(=O)[C@@H]1CC23CCCN4CCC5(c6ccccc6NC15CC2)[C@@H]43. The average molecular weight is 338 g/mol. The van der Waals surface area contributed by atoms with E-state index in [1.807, 2.05) is 0 Å². The predicted molar refractivity (Wildman–Crippen MR) is 95.5 cm³/mol. The van der Waals surface area contributed by atoms with Gasteiger partial charge in [0.15, 0.2) is 0 Å². The lowest BCUT2D eigenvalue weighted by molar-refractivity contribution is -0.171. The fourth-order valence-corrected chi connectivity index (χ4v) is 8.03. The van der Waals surface area contributed by atoms with Crippen molar-refractivity contribution < 1.29 is 9.53 Å². The molecule has 0 amide bonds. The number of anilines is 1. The fraction of sp³-hybridized carbons (Fsp3) is 0.667. The highest BCUT2D eigenvalue weighted by Gasteiger charge is 2.78. The number of methoxy groups -OCH3 is 1. The number of esters is 1. The van der Waals surface area contributed by atoms with Crippen LogP contribution in [0, 0.1) is 11.3 Å². The number of carbonyl (C=O) groups is 1. The highest BCUT2D eigenvalue weighted by atomic mass is 16.5. The number of hydrogen-bond donors (Lipinski definition) is 1. The van der Waals surface area contributed by atoms with Crippen molar-refractivity contribution >= 4 is 11.7 Å². The molecule has 0 radical (unpaired) electrons. The number of fused-ring (bicyclic) bond motifs is 3. The summed E-state index contributed by atoms with van der Waals surface area (Å²) in [5.74, 6) is -0.0193. The smallest absolute Gasteiger partial charge is 0.311 e. The first kappa shape index (κ1) is 14.6. The predicted octanol–water partition coefficient (Wildman–Crippen LogP) is 2.93. The molecular weight excluding hydrogens is 312 g/mol. The maximum Gasteiger partial charge on any atom is 0.311 e. The maximum absolute atomic E-state index is 12.9. The average Bonchev–Trinajstić information content (AvgIpc) is 3.19. The molecule has 0 aromatic heterocycles. The molecule has 3 saturated carbocycles. The largest absolute Gasteiger partial charge is 0.469 e. The van der Waals surface area contributed by atoms with E-state index in [1.165, 1.54) is 50.0 Å². The topological polar surface area (TPSA) is 41.6 Å². The first-order valence-corrected chi connectivity index (χ1v) is 9.87. The molecule has 1 aromatic carbocycles. The van der Waals surface area contributed by atoms with Gasteiger partial charge in [-0.25, -0.2) is 0 Å². The molecule has 4 nitrogen and oxygen atoms in total. The highest BCUT2D eigenvalue weighted by molar-refractivity contribution is 5.80. The summed E-state index contributed by atoms with van der Waals surface area (Å²) < 4.78 is 5.33. The van der Waals surface area contributed by atoms with Crippen molar-refractivity contribution in [1.82, 2.24) is 4.90 Å². The van der Waals surface area contributed by atoms with Crippen molar-refractivity contribution in [2.24, 2.45) is 11.3 Å². The second-order valence-corrected chi connectivity index (χ2v) is 9.05. The number of nitrogens with one attached hydrogen (secondary N) is 1. The molecule has 132 valence electrons. The highest BCUT2D eigenvalue weighted by Crippen LogP contribution is 2.74. The van der Waals surface area contributed by atoms with Crippen molar-refractivity contribution in [3.05, 3.63) is 29.8 Å². The molecular formula is C21H26N2O2. The molecule has 7 rings (SSSR count). The van der Waals surface area contributed by atoms with Crippen molar-refractivity contribution in [1.29, 1.82) is 0 Å². The van der Waals surface area contributed by atoms with Crippen LogP contribution in [0.3, 0.4) is 0 Å². The van der Waals surface area contributed by atoms with Gasteiger partial charge in [-0.3, -0.25) is 9.69 Å². The molecule has 2 saturated heterocycles. The molecule has 5 fully saturated rings. The standard InChI is InChI=1S/C21H26N2O2/c1-25-17(24)15-13-19-7-4-11-23-12-10-20(18(19)23)14-5-2-3-6-16(14)22-21(15,20)9-8-19/h2-3,5-6,15,18,22H,4,7-13H2,1H3/t15-,18-,19?,20?,21?/m0/s1. The van der Waals surface area contributed by atoms with E-state index in [4.69, 9.17) is 4.74 Å². The molecule has 6 aliphatic rings. The molecule has 3 spiro atoms. The number of hydrogen-bond acceptors (Lipinski definition) is 4. The Labute approximate surface area is 148 Å². The molecule has 3 unspecified atom stereocenters. The Morgan fingerprint density at radius 1 is 1.20 bits per heavy atom. The van der Waals surface area contributed by atoms with Gasteiger partial charge in [-0.1, -0.05) is 18.2 Å². The number of para-hydroxylation sites is 1. The molecule has 3 aliphatic carbocycles. The lowest BCUT2D eigenvalue weighted by atomic mass is 9.39. The van der Waals surface area contributed by atoms with Gasteiger partial charge in [-0.05, 0) is 68.7 Å². The zero-order valence-corrected chi connectivity index (χ0v) is 14.9. The molecule has 4 heteroatoms. The van der Waals surface area contributed by atoms with Crippen LogP contribution in [0.1, 0.15) is 44.1 Å². The Kier molecular flexibility index (Phi) is 2.57. The second-order valence-electron chi connectivity index (χ2n) is 9.05. The Morgan fingerprint density at radius 3 is 2.96 bits per heavy atom. The van der Waals surface area contributed by atoms with Crippen molar-refractivity contribution in [3.63, 3.8) is 0 Å². The van der Waals surface area contributed by atoms with Crippen LogP contribution in [0.4, 0.5) is 5.69 Å². The van der Waals surface area contributed by atoms with Crippen LogP contribution >= 0.6 is 0 Å². The summed E-state index contributed by atoms with van der Waals surface area (Å²) in [7, 11) is 1.56. The third-order valence-corrected chi connectivity index (χ3v) is 8.60. The zero-order valence-electron chi connectivity index (χ0n) is 14.9. The summed E-state index contributed by atoms with van der Waals surface area (Å²) in [6.45, 7) is 2.41. The lowest BCUT2D eigenvalue weighted by Crippen LogP contribution is -2.76. The van der Waals surface area contributed by atoms with Crippen LogP contribution in [0.15, 0.2) is 24.3 Å². The molecule has 5 atom stereocenters. The van der Waals surface area contributed by atoms with E-state index in [2.05, 4.69) is 34.5 Å². The number of nitrogens with zero attached hydrogens (tertiary/aromatic N) is 1. The van der Waals surface area contributed by atoms with Crippen LogP contribution in [-0.2, 0) is 14.9 Å². The first-order valence-electron chi connectivity index (χ1n) is 9.87. The van der Waals surface area contributed by atoms with Gasteiger partial charge >= 0.3 is 5.97 Å². The van der Waals surface area contributed by atoms with Gasteiger partial charge in [0.1, 0.15) is 0 Å². The van der Waals surface area contributed by atoms with Gasteiger partial charge in [0.25, 0.3) is 0 Å². The molecule has 25 heavy (non-hydrogen) atoms. The minimum atomic E-state index is -0.151. The monoisotopic (exact) mass is 338 g/mol. The van der Waals surface area contributed by atoms with Crippen LogP contribution in [0.25, 0.3) is 0 Å². The zero-order chi connectivity index (χ0) is 16.9. The van der Waals surface area contributed by atoms with E-state index in [0.29, 0.717) is 11.5 Å². The van der Waals surface area contributed by atoms with E-state index in [9.17, 15) is 4.79 Å². The number of ether oxygens (including phenoxy) is 1. The minimum absolute atomic E-state index is 0.00114. The Hall–Kier alpha value is -1.55. The maximum atomic E-state index is 12.9. The summed E-state index contributed by atoms with van der Waals surface area (Å²) in [5.41, 5.74) is 2.97. The van der Waals surface area contributed by atoms with Crippen molar-refractivity contribution in [3.8, 4) is 0 Å². The number of benzene rings is 1. The van der Waals surface area contributed by atoms with E-state index in [0.717, 1.165) is 12.8 Å². The summed E-state index contributed by atoms with van der Waals surface area (Å²) >= 11 is 0. The number of piperidine rings is 1. The van der Waals surface area contributed by atoms with E-state index < -0.39 is 0 Å². The molecule has 1 aromatic rings. The Balaban J connectivity index is 1.65. The van der Waals surface area contributed by atoms with Gasteiger partial charge < -0.3 is 10.1 Å². The molecule has 3 heterocycles. The van der Waals surface area contributed by atoms with Gasteiger partial charge in [-0.2, -0.15) is 0 Å². The third-order valence-electron chi connectivity index (χ3n) is 8.60. The summed E-state index contributed by atoms with van der Waals surface area (Å²) in [6.07, 6.45) is 7.10. The van der Waals surface area contributed by atoms with Crippen molar-refractivity contribution in [2.45, 2.75) is 55.5 Å². The van der Waals surface area contributed by atoms with Gasteiger partial charge in [-0.15, -0.1) is 0 Å². The molecule has 3 aliphatic heterocycles. The summed E-state index contributed by atoms with van der Waals surface area (Å²) in [4.78, 5) is 15.7. The Bertz CT molecular complexity index is 779. The summed E-state index contributed by atoms with van der Waals surface area (Å²) in [5, 5.41) is 3.92. The van der Waals surface area contributed by atoms with Gasteiger partial charge in [0.05, 0.1) is 18.6 Å². The van der Waals surface area contributed by atoms with Gasteiger partial charge in [0.2, 0.25) is 0 Å². The van der Waals surface area contributed by atoms with Crippen LogP contribution in [-0.4, -0.2) is 42.6 Å². The minimum Gasteiger partial charge on any atom is -0.469 e. The van der Waals surface area contributed by atoms with Gasteiger partial charge in [0, 0.05) is 17.1 Å². The summed E-state index contributed by atoms with van der Waals surface area (Å²) in [6, 6.07) is 9.45.